The molecule has 2 aromatic rings. The second-order valence-corrected chi connectivity index (χ2v) is 5.02. The normalized spacial score (nSPS) is 8.76. The van der Waals surface area contributed by atoms with Crippen molar-refractivity contribution in [3.05, 3.63) is 45.2 Å². The van der Waals surface area contributed by atoms with Crippen LogP contribution < -0.4 is 0 Å². The Morgan fingerprint density at radius 2 is 1.14 bits per heavy atom. The lowest BCUT2D eigenvalue weighted by Crippen LogP contribution is -1.73. The van der Waals surface area contributed by atoms with E-state index in [-0.39, 0.29) is 11.1 Å². The van der Waals surface area contributed by atoms with E-state index in [2.05, 4.69) is 0 Å². The third-order valence-corrected chi connectivity index (χ3v) is 3.83. The summed E-state index contributed by atoms with van der Waals surface area (Å²) in [7, 11) is 0. The van der Waals surface area contributed by atoms with Gasteiger partial charge in [0, 0.05) is 20.5 Å². The van der Waals surface area contributed by atoms with E-state index in [1.165, 1.54) is 23.5 Å². The molecule has 0 saturated carbocycles. The number of hydrogen-bond acceptors (Lipinski definition) is 5. The van der Waals surface area contributed by atoms with Crippen molar-refractivity contribution in [2.45, 2.75) is 0 Å². The summed E-state index contributed by atoms with van der Waals surface area (Å²) in [5.41, 5.74) is 0.0247. The van der Waals surface area contributed by atoms with Crippen molar-refractivity contribution < 1.29 is 0 Å². The summed E-state index contributed by atoms with van der Waals surface area (Å²) in [6.07, 6.45) is 3.03. The Labute approximate surface area is 125 Å². The van der Waals surface area contributed by atoms with Crippen LogP contribution >= 0.6 is 11.3 Å². The highest BCUT2D eigenvalue weighted by molar-refractivity contribution is 7.15. The third-order valence-electron chi connectivity index (χ3n) is 2.71. The molecule has 0 N–H and O–H groups in total. The first-order valence-corrected chi connectivity index (χ1v) is 6.60. The van der Waals surface area contributed by atoms with Gasteiger partial charge in [-0.3, -0.25) is 0 Å². The van der Waals surface area contributed by atoms with E-state index in [1.54, 1.807) is 0 Å². The second-order valence-electron chi connectivity index (χ2n) is 3.94. The van der Waals surface area contributed by atoms with Crippen LogP contribution in [0.5, 0.6) is 0 Å². The Morgan fingerprint density at radius 3 is 1.48 bits per heavy atom. The Kier molecular flexibility index (Phi) is 4.13. The zero-order valence-electron chi connectivity index (χ0n) is 10.7. The zero-order chi connectivity index (χ0) is 15.2. The van der Waals surface area contributed by atoms with Crippen molar-refractivity contribution in [2.75, 3.05) is 0 Å². The average molecular weight is 286 g/mol. The molecule has 0 radical (unpaired) electrons. The van der Waals surface area contributed by atoms with Crippen LogP contribution in [0, 0.1) is 45.3 Å². The molecule has 1 aromatic heterocycles. The molecule has 4 nitrogen and oxygen atoms in total. The van der Waals surface area contributed by atoms with Crippen molar-refractivity contribution in [3.63, 3.8) is 0 Å². The van der Waals surface area contributed by atoms with Crippen LogP contribution in [0.15, 0.2) is 35.4 Å². The Morgan fingerprint density at radius 1 is 0.762 bits per heavy atom. The quantitative estimate of drug-likeness (QED) is 0.785. The van der Waals surface area contributed by atoms with Crippen LogP contribution in [-0.4, -0.2) is 0 Å². The monoisotopic (exact) mass is 286 g/mol. The first-order valence-electron chi connectivity index (χ1n) is 5.78. The van der Waals surface area contributed by atoms with Crippen LogP contribution in [0.4, 0.5) is 0 Å². The van der Waals surface area contributed by atoms with Gasteiger partial charge in [0.2, 0.25) is 0 Å². The summed E-state index contributed by atoms with van der Waals surface area (Å²) in [5.74, 6) is 0. The SMILES string of the molecule is N#CC(C#N)=Cc1sc(C=C(C#N)C#N)c2ccccc12. The summed E-state index contributed by atoms with van der Waals surface area (Å²) in [4.78, 5) is 1.51. The van der Waals surface area contributed by atoms with Crippen LogP contribution in [-0.2, 0) is 0 Å². The predicted molar refractivity (Wildman–Crippen MR) is 80.2 cm³/mol. The largest absolute Gasteiger partial charge is 0.192 e. The summed E-state index contributed by atoms with van der Waals surface area (Å²) >= 11 is 1.33. The fourth-order valence-corrected chi connectivity index (χ4v) is 2.96. The van der Waals surface area contributed by atoms with Crippen LogP contribution in [0.25, 0.3) is 22.9 Å². The van der Waals surface area contributed by atoms with Crippen molar-refractivity contribution in [1.29, 1.82) is 21.0 Å². The summed E-state index contributed by atoms with van der Waals surface area (Å²) in [6, 6.07) is 14.8. The highest BCUT2D eigenvalue weighted by Crippen LogP contribution is 2.34. The second kappa shape index (κ2) is 6.18. The Balaban J connectivity index is 2.73. The Hall–Kier alpha value is -3.38. The number of fused-ring (bicyclic) bond motifs is 1. The minimum Gasteiger partial charge on any atom is -0.192 e. The van der Waals surface area contributed by atoms with Crippen molar-refractivity contribution >= 4 is 34.3 Å². The first-order chi connectivity index (χ1) is 10.2. The van der Waals surface area contributed by atoms with Crippen LogP contribution in [0.2, 0.25) is 0 Å². The van der Waals surface area contributed by atoms with Gasteiger partial charge in [0.1, 0.15) is 35.4 Å². The molecule has 0 aliphatic heterocycles. The molecule has 0 spiro atoms. The zero-order valence-corrected chi connectivity index (χ0v) is 11.5. The standard InChI is InChI=1S/C16H6N4S/c17-7-11(8-18)5-15-13-3-1-2-4-14(13)16(21-15)6-12(9-19)10-20/h1-6H. The van der Waals surface area contributed by atoms with Gasteiger partial charge >= 0.3 is 0 Å². The van der Waals surface area contributed by atoms with E-state index in [4.69, 9.17) is 21.0 Å². The molecule has 0 fully saturated rings. The third kappa shape index (κ3) is 2.80. The van der Waals surface area contributed by atoms with Gasteiger partial charge in [-0.15, -0.1) is 11.3 Å². The summed E-state index contributed by atoms with van der Waals surface area (Å²) in [6.45, 7) is 0. The Bertz CT molecular complexity index is 826. The first kappa shape index (κ1) is 14.0. The van der Waals surface area contributed by atoms with E-state index in [0.29, 0.717) is 0 Å². The number of rotatable bonds is 2. The lowest BCUT2D eigenvalue weighted by atomic mass is 10.1. The fourth-order valence-electron chi connectivity index (χ4n) is 1.80. The lowest BCUT2D eigenvalue weighted by molar-refractivity contribution is 1.47. The highest BCUT2D eigenvalue weighted by Gasteiger charge is 2.09. The van der Waals surface area contributed by atoms with E-state index < -0.39 is 0 Å². The number of thiophene rings is 1. The number of benzene rings is 1. The van der Waals surface area contributed by atoms with E-state index in [9.17, 15) is 0 Å². The maximum atomic E-state index is 8.85. The van der Waals surface area contributed by atoms with Crippen molar-refractivity contribution in [2.24, 2.45) is 0 Å². The fraction of sp³-hybridized carbons (Fsp3) is 0. The van der Waals surface area contributed by atoms with Gasteiger partial charge in [0.25, 0.3) is 0 Å². The van der Waals surface area contributed by atoms with Crippen molar-refractivity contribution in [1.82, 2.24) is 0 Å². The van der Waals surface area contributed by atoms with Crippen LogP contribution in [0.3, 0.4) is 0 Å². The molecule has 0 amide bonds. The average Bonchev–Trinajstić information content (AvgIpc) is 2.88. The maximum Gasteiger partial charge on any atom is 0.131 e. The molecule has 0 atom stereocenters. The molecule has 2 rings (SSSR count). The van der Waals surface area contributed by atoms with Crippen LogP contribution in [0.1, 0.15) is 9.75 Å². The smallest absolute Gasteiger partial charge is 0.131 e. The molecule has 96 valence electrons. The van der Waals surface area contributed by atoms with Crippen molar-refractivity contribution in [3.8, 4) is 24.3 Å². The molecule has 0 saturated heterocycles. The van der Waals surface area contributed by atoms with Gasteiger partial charge in [-0.2, -0.15) is 21.0 Å². The topological polar surface area (TPSA) is 95.2 Å². The molecule has 0 bridgehead atoms. The van der Waals surface area contributed by atoms with Gasteiger partial charge in [0.05, 0.1) is 0 Å². The van der Waals surface area contributed by atoms with E-state index in [0.717, 1.165) is 20.5 Å². The predicted octanol–water partition coefficient (Wildman–Crippen LogP) is 3.76. The van der Waals surface area contributed by atoms with Gasteiger partial charge in [0.15, 0.2) is 0 Å². The maximum absolute atomic E-state index is 8.85. The lowest BCUT2D eigenvalue weighted by Gasteiger charge is -1.91. The number of nitrogens with zero attached hydrogens (tertiary/aromatic N) is 4. The van der Waals surface area contributed by atoms with E-state index in [1.807, 2.05) is 48.5 Å². The van der Waals surface area contributed by atoms with Gasteiger partial charge in [-0.1, -0.05) is 24.3 Å². The summed E-state index contributed by atoms with van der Waals surface area (Å²) < 4.78 is 0. The van der Waals surface area contributed by atoms with Gasteiger partial charge < -0.3 is 0 Å². The molecule has 21 heavy (non-hydrogen) atoms. The minimum atomic E-state index is 0.0123. The molecule has 0 aliphatic carbocycles. The molecule has 1 heterocycles. The molecule has 0 unspecified atom stereocenters. The number of allylic oxidation sites excluding steroid dienone is 2. The number of hydrogen-bond donors (Lipinski definition) is 0. The highest BCUT2D eigenvalue weighted by atomic mass is 32.1. The van der Waals surface area contributed by atoms with Gasteiger partial charge in [-0.05, 0) is 12.2 Å². The molecule has 5 heteroatoms. The minimum absolute atomic E-state index is 0.0123. The number of nitriles is 4. The molecular formula is C16H6N4S. The summed E-state index contributed by atoms with van der Waals surface area (Å²) in [5, 5.41) is 37.2. The van der Waals surface area contributed by atoms with E-state index >= 15 is 0 Å². The molecular weight excluding hydrogens is 280 g/mol. The van der Waals surface area contributed by atoms with Gasteiger partial charge in [-0.25, -0.2) is 0 Å². The molecule has 1 aromatic carbocycles. The molecule has 0 aliphatic rings.